The van der Waals surface area contributed by atoms with E-state index in [2.05, 4.69) is 9.97 Å². The van der Waals surface area contributed by atoms with Crippen molar-refractivity contribution in [1.29, 1.82) is 0 Å². The second-order valence-electron chi connectivity index (χ2n) is 3.62. The molecule has 0 bridgehead atoms. The quantitative estimate of drug-likeness (QED) is 0.908. The topological polar surface area (TPSA) is 51.8 Å². The summed E-state index contributed by atoms with van der Waals surface area (Å²) in [6, 6.07) is 4.84. The molecule has 1 atom stereocenters. The van der Waals surface area contributed by atoms with Crippen molar-refractivity contribution in [3.05, 3.63) is 48.2 Å². The van der Waals surface area contributed by atoms with Gasteiger partial charge in [0.05, 0.1) is 6.20 Å². The SMILES string of the molecule is C[C@@H](N)c1ccc(Sc2cnccn2)c(F)c1. The fourth-order valence-electron chi connectivity index (χ4n) is 1.33. The van der Waals surface area contributed by atoms with Gasteiger partial charge in [-0.15, -0.1) is 0 Å². The molecule has 1 heterocycles. The fraction of sp³-hybridized carbons (Fsp3) is 0.167. The van der Waals surface area contributed by atoms with Crippen LogP contribution in [0.2, 0.25) is 0 Å². The molecule has 88 valence electrons. The van der Waals surface area contributed by atoms with Crippen LogP contribution in [0, 0.1) is 5.82 Å². The maximum Gasteiger partial charge on any atom is 0.137 e. The van der Waals surface area contributed by atoms with E-state index >= 15 is 0 Å². The number of benzene rings is 1. The van der Waals surface area contributed by atoms with Gasteiger partial charge in [0.15, 0.2) is 0 Å². The molecule has 2 aromatic rings. The lowest BCUT2D eigenvalue weighted by atomic mass is 10.1. The Bertz CT molecular complexity index is 502. The third kappa shape index (κ3) is 3.01. The molecule has 0 radical (unpaired) electrons. The zero-order valence-corrected chi connectivity index (χ0v) is 10.1. The molecule has 0 aliphatic rings. The Kier molecular flexibility index (Phi) is 3.71. The van der Waals surface area contributed by atoms with E-state index in [9.17, 15) is 4.39 Å². The van der Waals surface area contributed by atoms with E-state index in [0.29, 0.717) is 9.92 Å². The van der Waals surface area contributed by atoms with Gasteiger partial charge in [0.2, 0.25) is 0 Å². The van der Waals surface area contributed by atoms with Gasteiger partial charge in [-0.25, -0.2) is 9.37 Å². The van der Waals surface area contributed by atoms with Gasteiger partial charge in [-0.05, 0) is 24.6 Å². The predicted octanol–water partition coefficient (Wildman–Crippen LogP) is 2.79. The average molecular weight is 249 g/mol. The minimum absolute atomic E-state index is 0.167. The van der Waals surface area contributed by atoms with Crippen LogP contribution in [0.4, 0.5) is 4.39 Å². The van der Waals surface area contributed by atoms with Crippen molar-refractivity contribution in [2.75, 3.05) is 0 Å². The van der Waals surface area contributed by atoms with Crippen LogP contribution in [0.3, 0.4) is 0 Å². The first-order chi connectivity index (χ1) is 8.16. The number of halogens is 1. The minimum Gasteiger partial charge on any atom is -0.324 e. The molecule has 17 heavy (non-hydrogen) atoms. The molecule has 0 fully saturated rings. The third-order valence-electron chi connectivity index (χ3n) is 2.24. The van der Waals surface area contributed by atoms with Crippen molar-refractivity contribution in [2.45, 2.75) is 22.9 Å². The molecule has 0 saturated heterocycles. The van der Waals surface area contributed by atoms with E-state index in [1.807, 2.05) is 13.0 Å². The van der Waals surface area contributed by atoms with Crippen molar-refractivity contribution >= 4 is 11.8 Å². The zero-order valence-electron chi connectivity index (χ0n) is 9.30. The highest BCUT2D eigenvalue weighted by atomic mass is 32.2. The van der Waals surface area contributed by atoms with Crippen LogP contribution in [-0.2, 0) is 0 Å². The van der Waals surface area contributed by atoms with Crippen LogP contribution in [0.5, 0.6) is 0 Å². The first kappa shape index (κ1) is 12.0. The van der Waals surface area contributed by atoms with E-state index < -0.39 is 0 Å². The van der Waals surface area contributed by atoms with Crippen LogP contribution in [0.1, 0.15) is 18.5 Å². The van der Waals surface area contributed by atoms with Crippen molar-refractivity contribution in [2.24, 2.45) is 5.73 Å². The van der Waals surface area contributed by atoms with Gasteiger partial charge in [0, 0.05) is 23.3 Å². The van der Waals surface area contributed by atoms with Crippen molar-refractivity contribution in [3.63, 3.8) is 0 Å². The number of nitrogens with zero attached hydrogens (tertiary/aromatic N) is 2. The molecule has 2 rings (SSSR count). The number of hydrogen-bond donors (Lipinski definition) is 1. The Morgan fingerprint density at radius 2 is 2.18 bits per heavy atom. The average Bonchev–Trinajstić information content (AvgIpc) is 2.33. The van der Waals surface area contributed by atoms with E-state index in [1.165, 1.54) is 17.8 Å². The van der Waals surface area contributed by atoms with Gasteiger partial charge in [-0.2, -0.15) is 0 Å². The van der Waals surface area contributed by atoms with Crippen LogP contribution < -0.4 is 5.73 Å². The second kappa shape index (κ2) is 5.25. The highest BCUT2D eigenvalue weighted by molar-refractivity contribution is 7.99. The summed E-state index contributed by atoms with van der Waals surface area (Å²) in [6.45, 7) is 1.82. The third-order valence-corrected chi connectivity index (χ3v) is 3.21. The number of rotatable bonds is 3. The van der Waals surface area contributed by atoms with Gasteiger partial charge in [0.1, 0.15) is 10.8 Å². The van der Waals surface area contributed by atoms with Gasteiger partial charge < -0.3 is 5.73 Å². The van der Waals surface area contributed by atoms with Gasteiger partial charge in [-0.3, -0.25) is 4.98 Å². The minimum atomic E-state index is -0.282. The maximum atomic E-state index is 13.8. The summed E-state index contributed by atoms with van der Waals surface area (Å²) < 4.78 is 13.8. The molecular formula is C12H12FN3S. The zero-order chi connectivity index (χ0) is 12.3. The van der Waals surface area contributed by atoms with Crippen LogP contribution in [0.15, 0.2) is 46.7 Å². The first-order valence-electron chi connectivity index (χ1n) is 5.15. The molecule has 0 saturated carbocycles. The predicted molar refractivity (Wildman–Crippen MR) is 65.2 cm³/mol. The highest BCUT2D eigenvalue weighted by Gasteiger charge is 2.08. The molecule has 0 unspecified atom stereocenters. The smallest absolute Gasteiger partial charge is 0.137 e. The lowest BCUT2D eigenvalue weighted by Crippen LogP contribution is -2.05. The van der Waals surface area contributed by atoms with E-state index in [1.54, 1.807) is 24.7 Å². The van der Waals surface area contributed by atoms with Gasteiger partial charge >= 0.3 is 0 Å². The summed E-state index contributed by atoms with van der Waals surface area (Å²) >= 11 is 1.25. The summed E-state index contributed by atoms with van der Waals surface area (Å²) in [5.74, 6) is -0.282. The Balaban J connectivity index is 2.23. The largest absolute Gasteiger partial charge is 0.324 e. The van der Waals surface area contributed by atoms with Crippen LogP contribution in [-0.4, -0.2) is 9.97 Å². The van der Waals surface area contributed by atoms with E-state index in [-0.39, 0.29) is 11.9 Å². The lowest BCUT2D eigenvalue weighted by Gasteiger charge is -2.07. The molecule has 0 spiro atoms. The van der Waals surface area contributed by atoms with Crippen molar-refractivity contribution in [3.8, 4) is 0 Å². The maximum absolute atomic E-state index is 13.8. The number of nitrogens with two attached hydrogens (primary N) is 1. The van der Waals surface area contributed by atoms with E-state index in [0.717, 1.165) is 5.56 Å². The van der Waals surface area contributed by atoms with Crippen LogP contribution in [0.25, 0.3) is 0 Å². The Morgan fingerprint density at radius 1 is 1.35 bits per heavy atom. The van der Waals surface area contributed by atoms with Crippen molar-refractivity contribution in [1.82, 2.24) is 9.97 Å². The molecular weight excluding hydrogens is 237 g/mol. The molecule has 3 nitrogen and oxygen atoms in total. The van der Waals surface area contributed by atoms with E-state index in [4.69, 9.17) is 5.73 Å². The first-order valence-corrected chi connectivity index (χ1v) is 5.97. The summed E-state index contributed by atoms with van der Waals surface area (Å²) in [5, 5.41) is 0.667. The highest BCUT2D eigenvalue weighted by Crippen LogP contribution is 2.29. The molecule has 0 amide bonds. The molecule has 1 aromatic heterocycles. The molecule has 2 N–H and O–H groups in total. The lowest BCUT2D eigenvalue weighted by molar-refractivity contribution is 0.596. The number of aromatic nitrogens is 2. The Morgan fingerprint density at radius 3 is 2.76 bits per heavy atom. The van der Waals surface area contributed by atoms with Crippen LogP contribution >= 0.6 is 11.8 Å². The molecule has 0 aliphatic heterocycles. The van der Waals surface area contributed by atoms with Crippen molar-refractivity contribution < 1.29 is 4.39 Å². The molecule has 0 aliphatic carbocycles. The Hall–Kier alpha value is -1.46. The standard InChI is InChI=1S/C12H12FN3S/c1-8(14)9-2-3-11(10(13)6-9)17-12-7-15-4-5-16-12/h2-8H,14H2,1H3/t8-/m1/s1. The van der Waals surface area contributed by atoms with Gasteiger partial charge in [0.25, 0.3) is 0 Å². The molecule has 1 aromatic carbocycles. The summed E-state index contributed by atoms with van der Waals surface area (Å²) in [5.41, 5.74) is 6.47. The monoisotopic (exact) mass is 249 g/mol. The second-order valence-corrected chi connectivity index (χ2v) is 4.69. The van der Waals surface area contributed by atoms with Gasteiger partial charge in [-0.1, -0.05) is 17.8 Å². The normalized spacial score (nSPS) is 12.4. The fourth-order valence-corrected chi connectivity index (χ4v) is 2.08. The molecule has 5 heteroatoms. The Labute approximate surface area is 103 Å². The summed E-state index contributed by atoms with van der Waals surface area (Å²) in [6.07, 6.45) is 4.76. The summed E-state index contributed by atoms with van der Waals surface area (Å²) in [4.78, 5) is 8.54. The summed E-state index contributed by atoms with van der Waals surface area (Å²) in [7, 11) is 0. The number of hydrogen-bond acceptors (Lipinski definition) is 4.